The minimum atomic E-state index is -0.493. The zero-order valence-electron chi connectivity index (χ0n) is 24.0. The molecule has 6 rings (SSSR count). The van der Waals surface area contributed by atoms with Gasteiger partial charge in [0.15, 0.2) is 0 Å². The van der Waals surface area contributed by atoms with Gasteiger partial charge in [-0.25, -0.2) is 14.4 Å². The standard InChI is InChI=1S/C32H38ClFN6O2/c1-39-14-9-32(10-15-39)19-22(32)20-42-29-18-27-24(31(36-21-35-27)37-23-7-8-26(34)25(33)16-23)17-28(29)38-30(41)6-5-13-40-11-3-2-4-12-40/h5-8,16-18,21-22H,2-4,9-15,19-20H2,1H3,(H,38,41)(H,35,36,37)/b6-5+. The molecule has 1 saturated carbocycles. The van der Waals surface area contributed by atoms with E-state index >= 15 is 0 Å². The number of carbonyl (C=O) groups is 1. The van der Waals surface area contributed by atoms with Gasteiger partial charge in [-0.05, 0) is 101 Å². The van der Waals surface area contributed by atoms with Crippen LogP contribution in [0.15, 0.2) is 48.8 Å². The minimum Gasteiger partial charge on any atom is -0.491 e. The number of carbonyl (C=O) groups excluding carboxylic acids is 1. The first-order chi connectivity index (χ1) is 20.4. The van der Waals surface area contributed by atoms with E-state index in [2.05, 4.69) is 37.4 Å². The second-order valence-corrected chi connectivity index (χ2v) is 12.4. The highest BCUT2D eigenvalue weighted by molar-refractivity contribution is 6.31. The number of rotatable bonds is 9. The number of aromatic nitrogens is 2. The van der Waals surface area contributed by atoms with E-state index in [9.17, 15) is 9.18 Å². The SMILES string of the molecule is CN1CCC2(CC1)CC2COc1cc2ncnc(Nc3ccc(F)c(Cl)c3)c2cc1NC(=O)/C=C/CN1CCCCC1. The number of likely N-dealkylation sites (tertiary alicyclic amines) is 2. The molecule has 42 heavy (non-hydrogen) atoms. The van der Waals surface area contributed by atoms with E-state index in [-0.39, 0.29) is 10.9 Å². The molecule has 2 saturated heterocycles. The van der Waals surface area contributed by atoms with Crippen LogP contribution in [-0.2, 0) is 4.79 Å². The molecule has 10 heteroatoms. The van der Waals surface area contributed by atoms with E-state index < -0.39 is 5.82 Å². The lowest BCUT2D eigenvalue weighted by Crippen LogP contribution is -2.32. The summed E-state index contributed by atoms with van der Waals surface area (Å²) in [5.74, 6) is 0.905. The highest BCUT2D eigenvalue weighted by atomic mass is 35.5. The first kappa shape index (κ1) is 28.8. The van der Waals surface area contributed by atoms with E-state index in [4.69, 9.17) is 16.3 Å². The summed E-state index contributed by atoms with van der Waals surface area (Å²) in [5, 5.41) is 6.95. The quantitative estimate of drug-likeness (QED) is 0.284. The van der Waals surface area contributed by atoms with Crippen LogP contribution in [0.4, 0.5) is 21.6 Å². The van der Waals surface area contributed by atoms with Crippen molar-refractivity contribution < 1.29 is 13.9 Å². The van der Waals surface area contributed by atoms with Crippen molar-refractivity contribution in [3.63, 3.8) is 0 Å². The van der Waals surface area contributed by atoms with Crippen LogP contribution in [-0.4, -0.2) is 72.1 Å². The summed E-state index contributed by atoms with van der Waals surface area (Å²) in [6.45, 7) is 5.76. The number of piperidine rings is 2. The number of ether oxygens (including phenoxy) is 1. The van der Waals surface area contributed by atoms with Crippen LogP contribution >= 0.6 is 11.6 Å². The Balaban J connectivity index is 1.23. The van der Waals surface area contributed by atoms with Crippen molar-refractivity contribution in [1.82, 2.24) is 19.8 Å². The Morgan fingerprint density at radius 2 is 1.95 bits per heavy atom. The summed E-state index contributed by atoms with van der Waals surface area (Å²) in [7, 11) is 2.18. The predicted molar refractivity (Wildman–Crippen MR) is 165 cm³/mol. The molecular weight excluding hydrogens is 555 g/mol. The van der Waals surface area contributed by atoms with Crippen molar-refractivity contribution in [1.29, 1.82) is 0 Å². The van der Waals surface area contributed by atoms with Gasteiger partial charge in [-0.15, -0.1) is 0 Å². The summed E-state index contributed by atoms with van der Waals surface area (Å²) in [5.41, 5.74) is 2.20. The van der Waals surface area contributed by atoms with E-state index in [1.54, 1.807) is 12.1 Å². The smallest absolute Gasteiger partial charge is 0.248 e. The third-order valence-corrected chi connectivity index (χ3v) is 9.33. The van der Waals surface area contributed by atoms with Crippen molar-refractivity contribution >= 4 is 45.6 Å². The van der Waals surface area contributed by atoms with Gasteiger partial charge < -0.3 is 20.3 Å². The summed E-state index contributed by atoms with van der Waals surface area (Å²) in [6.07, 6.45) is 12.3. The van der Waals surface area contributed by atoms with Gasteiger partial charge in [0.25, 0.3) is 0 Å². The number of fused-ring (bicyclic) bond motifs is 1. The lowest BCUT2D eigenvalue weighted by molar-refractivity contribution is -0.111. The van der Waals surface area contributed by atoms with Crippen molar-refractivity contribution in [3.05, 3.63) is 59.7 Å². The zero-order chi connectivity index (χ0) is 29.1. The van der Waals surface area contributed by atoms with Gasteiger partial charge in [0, 0.05) is 29.8 Å². The molecule has 3 fully saturated rings. The first-order valence-electron chi connectivity index (χ1n) is 14.9. The van der Waals surface area contributed by atoms with Gasteiger partial charge in [-0.2, -0.15) is 0 Å². The van der Waals surface area contributed by atoms with E-state index in [0.717, 1.165) is 32.7 Å². The lowest BCUT2D eigenvalue weighted by atomic mass is 9.91. The van der Waals surface area contributed by atoms with E-state index in [1.165, 1.54) is 57.0 Å². The van der Waals surface area contributed by atoms with Gasteiger partial charge in [0.2, 0.25) is 5.91 Å². The summed E-state index contributed by atoms with van der Waals surface area (Å²) in [6, 6.07) is 8.10. The Kier molecular flexibility index (Phi) is 8.60. The molecular formula is C32H38ClFN6O2. The lowest BCUT2D eigenvalue weighted by Gasteiger charge is -2.30. The molecule has 2 N–H and O–H groups in total. The number of anilines is 3. The van der Waals surface area contributed by atoms with Crippen LogP contribution in [0.2, 0.25) is 5.02 Å². The molecule has 3 aliphatic rings. The molecule has 0 radical (unpaired) electrons. The zero-order valence-corrected chi connectivity index (χ0v) is 24.8. The normalized spacial score (nSPS) is 20.7. The number of nitrogens with zero attached hydrogens (tertiary/aromatic N) is 4. The molecule has 222 valence electrons. The topological polar surface area (TPSA) is 82.6 Å². The molecule has 1 aliphatic carbocycles. The molecule has 1 atom stereocenters. The molecule has 0 bridgehead atoms. The van der Waals surface area contributed by atoms with Gasteiger partial charge in [-0.1, -0.05) is 24.1 Å². The number of hydrogen-bond acceptors (Lipinski definition) is 7. The minimum absolute atomic E-state index is 0.0146. The summed E-state index contributed by atoms with van der Waals surface area (Å²) in [4.78, 5) is 26.7. The Bertz CT molecular complexity index is 1470. The van der Waals surface area contributed by atoms with Gasteiger partial charge >= 0.3 is 0 Å². The number of amides is 1. The fourth-order valence-electron chi connectivity index (χ4n) is 6.27. The monoisotopic (exact) mass is 592 g/mol. The van der Waals surface area contributed by atoms with Crippen LogP contribution in [0.5, 0.6) is 5.75 Å². The molecule has 3 heterocycles. The van der Waals surface area contributed by atoms with Gasteiger partial charge in [0.1, 0.15) is 23.7 Å². The second-order valence-electron chi connectivity index (χ2n) is 12.0. The van der Waals surface area contributed by atoms with Gasteiger partial charge in [0.05, 0.1) is 22.8 Å². The molecule has 2 aliphatic heterocycles. The Morgan fingerprint density at radius 1 is 1.14 bits per heavy atom. The largest absolute Gasteiger partial charge is 0.491 e. The fourth-order valence-corrected chi connectivity index (χ4v) is 6.45. The Labute approximate surface area is 251 Å². The molecule has 3 aromatic rings. The summed E-state index contributed by atoms with van der Waals surface area (Å²) >= 11 is 6.00. The van der Waals surface area contributed by atoms with Crippen LogP contribution < -0.4 is 15.4 Å². The average Bonchev–Trinajstić information content (AvgIpc) is 3.68. The third-order valence-electron chi connectivity index (χ3n) is 9.04. The molecule has 1 aromatic heterocycles. The molecule has 1 amide bonds. The van der Waals surface area contributed by atoms with Crippen molar-refractivity contribution in [2.24, 2.45) is 11.3 Å². The third kappa shape index (κ3) is 6.69. The van der Waals surface area contributed by atoms with Crippen LogP contribution in [0.1, 0.15) is 38.5 Å². The molecule has 1 unspecified atom stereocenters. The highest BCUT2D eigenvalue weighted by Gasteiger charge is 2.54. The van der Waals surface area contributed by atoms with Gasteiger partial charge in [-0.3, -0.25) is 9.69 Å². The Hall–Kier alpha value is -3.27. The van der Waals surface area contributed by atoms with Crippen LogP contribution in [0.3, 0.4) is 0 Å². The Morgan fingerprint density at radius 3 is 2.74 bits per heavy atom. The van der Waals surface area contributed by atoms with E-state index in [1.807, 2.05) is 18.2 Å². The molecule has 1 spiro atoms. The predicted octanol–water partition coefficient (Wildman–Crippen LogP) is 6.26. The first-order valence-corrected chi connectivity index (χ1v) is 15.3. The average molecular weight is 593 g/mol. The van der Waals surface area contributed by atoms with Crippen LogP contribution in [0.25, 0.3) is 10.9 Å². The van der Waals surface area contributed by atoms with Crippen molar-refractivity contribution in [2.75, 3.05) is 57.0 Å². The maximum Gasteiger partial charge on any atom is 0.248 e. The maximum atomic E-state index is 13.7. The molecule has 2 aromatic carbocycles. The van der Waals surface area contributed by atoms with Crippen molar-refractivity contribution in [3.8, 4) is 5.75 Å². The number of benzene rings is 2. The van der Waals surface area contributed by atoms with Crippen LogP contribution in [0, 0.1) is 17.2 Å². The number of nitrogens with one attached hydrogen (secondary N) is 2. The second kappa shape index (κ2) is 12.5. The molecule has 8 nitrogen and oxygen atoms in total. The van der Waals surface area contributed by atoms with Crippen molar-refractivity contribution in [2.45, 2.75) is 38.5 Å². The maximum absolute atomic E-state index is 13.7. The summed E-state index contributed by atoms with van der Waals surface area (Å²) < 4.78 is 20.1. The highest BCUT2D eigenvalue weighted by Crippen LogP contribution is 2.59. The number of hydrogen-bond donors (Lipinski definition) is 2. The van der Waals surface area contributed by atoms with E-state index in [0.29, 0.717) is 51.8 Å². The fraction of sp³-hybridized carbons (Fsp3) is 0.469. The number of halogens is 2.